The maximum atomic E-state index is 4.99. The Morgan fingerprint density at radius 3 is 2.71 bits per heavy atom. The lowest BCUT2D eigenvalue weighted by Crippen LogP contribution is -1.55. The SMILES string of the molecule is Cc1csc2c1O2. The van der Waals surface area contributed by atoms with Gasteiger partial charge in [0.05, 0.1) is 0 Å². The Bertz CT molecular complexity index is 202. The molecule has 0 N–H and O–H groups in total. The van der Waals surface area contributed by atoms with Crippen LogP contribution in [0.25, 0.3) is 0 Å². The van der Waals surface area contributed by atoms with Gasteiger partial charge in [0.25, 0.3) is 0 Å². The predicted octanol–water partition coefficient (Wildman–Crippen LogP) is 2.16. The third-order valence-electron chi connectivity index (χ3n) is 1.04. The molecule has 2 rings (SSSR count). The van der Waals surface area contributed by atoms with E-state index < -0.39 is 0 Å². The first kappa shape index (κ1) is 3.50. The fourth-order valence-electron chi connectivity index (χ4n) is 0.582. The molecule has 1 aliphatic heterocycles. The quantitative estimate of drug-likeness (QED) is 0.476. The summed E-state index contributed by atoms with van der Waals surface area (Å²) in [4.78, 5) is 0. The summed E-state index contributed by atoms with van der Waals surface area (Å²) >= 11 is 1.67. The van der Waals surface area contributed by atoms with E-state index in [-0.39, 0.29) is 0 Å². The van der Waals surface area contributed by atoms with Crippen LogP contribution in [0.15, 0.2) is 5.38 Å². The largest absolute Gasteiger partial charge is 0.438 e. The smallest absolute Gasteiger partial charge is 0.224 e. The van der Waals surface area contributed by atoms with Crippen molar-refractivity contribution < 1.29 is 4.74 Å². The fourth-order valence-corrected chi connectivity index (χ4v) is 1.37. The molecule has 1 aliphatic rings. The Hall–Kier alpha value is -0.500. The first-order chi connectivity index (χ1) is 3.38. The zero-order valence-electron chi connectivity index (χ0n) is 3.89. The summed E-state index contributed by atoms with van der Waals surface area (Å²) < 4.78 is 4.99. The average molecular weight is 112 g/mol. The molecule has 0 saturated carbocycles. The molecule has 0 radical (unpaired) electrons. The monoisotopic (exact) mass is 112 g/mol. The molecule has 36 valence electrons. The van der Waals surface area contributed by atoms with Crippen LogP contribution in [-0.2, 0) is 0 Å². The van der Waals surface area contributed by atoms with Crippen LogP contribution >= 0.6 is 11.3 Å². The lowest BCUT2D eigenvalue weighted by molar-refractivity contribution is 0.653. The first-order valence-electron chi connectivity index (χ1n) is 2.14. The van der Waals surface area contributed by atoms with Gasteiger partial charge in [0, 0.05) is 10.9 Å². The molecular formula is C5H4OS. The highest BCUT2D eigenvalue weighted by Crippen LogP contribution is 2.53. The van der Waals surface area contributed by atoms with Gasteiger partial charge < -0.3 is 4.74 Å². The molecule has 0 fully saturated rings. The van der Waals surface area contributed by atoms with Gasteiger partial charge in [0.2, 0.25) is 5.06 Å². The molecule has 2 heterocycles. The zero-order chi connectivity index (χ0) is 4.85. The van der Waals surface area contributed by atoms with Gasteiger partial charge in [-0.2, -0.15) is 0 Å². The van der Waals surface area contributed by atoms with E-state index in [0.29, 0.717) is 0 Å². The van der Waals surface area contributed by atoms with E-state index in [1.165, 1.54) is 5.56 Å². The van der Waals surface area contributed by atoms with Gasteiger partial charge in [-0.25, -0.2) is 0 Å². The minimum Gasteiger partial charge on any atom is -0.438 e. The Kier molecular flexibility index (Phi) is 0.421. The summed E-state index contributed by atoms with van der Waals surface area (Å²) in [7, 11) is 0. The van der Waals surface area contributed by atoms with E-state index in [0.717, 1.165) is 10.8 Å². The van der Waals surface area contributed by atoms with Gasteiger partial charge in [-0.15, -0.1) is 11.3 Å². The van der Waals surface area contributed by atoms with Crippen LogP contribution in [0.1, 0.15) is 5.56 Å². The number of hydrogen-bond acceptors (Lipinski definition) is 2. The van der Waals surface area contributed by atoms with Crippen molar-refractivity contribution in [1.29, 1.82) is 0 Å². The van der Waals surface area contributed by atoms with Gasteiger partial charge >= 0.3 is 0 Å². The van der Waals surface area contributed by atoms with Crippen LogP contribution < -0.4 is 4.74 Å². The van der Waals surface area contributed by atoms with Crippen LogP contribution in [0.3, 0.4) is 0 Å². The fraction of sp³-hybridized carbons (Fsp3) is 0.200. The van der Waals surface area contributed by atoms with Crippen molar-refractivity contribution in [3.63, 3.8) is 0 Å². The van der Waals surface area contributed by atoms with Crippen LogP contribution in [0.2, 0.25) is 0 Å². The molecule has 1 aromatic heterocycles. The normalized spacial score (nSPS) is 12.7. The van der Waals surface area contributed by atoms with Crippen molar-refractivity contribution in [1.82, 2.24) is 0 Å². The summed E-state index contributed by atoms with van der Waals surface area (Å²) in [5.74, 6) is 1.12. The third-order valence-corrected chi connectivity index (χ3v) is 1.99. The van der Waals surface area contributed by atoms with Gasteiger partial charge in [0.15, 0.2) is 5.75 Å². The van der Waals surface area contributed by atoms with Gasteiger partial charge in [-0.3, -0.25) is 0 Å². The van der Waals surface area contributed by atoms with E-state index in [1.54, 1.807) is 11.3 Å². The molecule has 7 heavy (non-hydrogen) atoms. The molecule has 0 aromatic carbocycles. The first-order valence-corrected chi connectivity index (χ1v) is 3.02. The van der Waals surface area contributed by atoms with Crippen molar-refractivity contribution in [3.8, 4) is 10.8 Å². The van der Waals surface area contributed by atoms with Crippen LogP contribution in [0.4, 0.5) is 0 Å². The number of thiophene rings is 1. The van der Waals surface area contributed by atoms with E-state index in [2.05, 4.69) is 12.3 Å². The second-order valence-corrected chi connectivity index (χ2v) is 2.48. The topological polar surface area (TPSA) is 12.5 Å². The molecular weight excluding hydrogens is 108 g/mol. The average Bonchev–Trinajstić information content (AvgIpc) is 2.33. The minimum absolute atomic E-state index is 1.11. The lowest BCUT2D eigenvalue weighted by atomic mass is 10.4. The highest BCUT2D eigenvalue weighted by molar-refractivity contribution is 7.13. The number of fused-ring (bicyclic) bond motifs is 1. The van der Waals surface area contributed by atoms with E-state index in [1.807, 2.05) is 0 Å². The Balaban J connectivity index is 2.76. The van der Waals surface area contributed by atoms with Crippen molar-refractivity contribution in [2.24, 2.45) is 0 Å². The maximum Gasteiger partial charge on any atom is 0.224 e. The van der Waals surface area contributed by atoms with Crippen molar-refractivity contribution in [3.05, 3.63) is 10.9 Å². The molecule has 0 bridgehead atoms. The number of ether oxygens (including phenoxy) is 1. The Morgan fingerprint density at radius 2 is 2.57 bits per heavy atom. The van der Waals surface area contributed by atoms with Gasteiger partial charge in [0.1, 0.15) is 0 Å². The van der Waals surface area contributed by atoms with Crippen LogP contribution in [0, 0.1) is 6.92 Å². The molecule has 0 unspecified atom stereocenters. The van der Waals surface area contributed by atoms with E-state index in [9.17, 15) is 0 Å². The zero-order valence-corrected chi connectivity index (χ0v) is 4.71. The molecule has 2 heteroatoms. The molecule has 0 aliphatic carbocycles. The summed E-state index contributed by atoms with van der Waals surface area (Å²) in [6.45, 7) is 2.06. The van der Waals surface area contributed by atoms with E-state index in [4.69, 9.17) is 4.74 Å². The summed E-state index contributed by atoms with van der Waals surface area (Å²) in [6.07, 6.45) is 0. The molecule has 0 atom stereocenters. The summed E-state index contributed by atoms with van der Waals surface area (Å²) in [6, 6.07) is 0. The Labute approximate surface area is 45.5 Å². The highest BCUT2D eigenvalue weighted by Gasteiger charge is 2.24. The molecule has 0 saturated heterocycles. The van der Waals surface area contributed by atoms with Crippen LogP contribution in [0.5, 0.6) is 10.8 Å². The Morgan fingerprint density at radius 1 is 1.71 bits per heavy atom. The van der Waals surface area contributed by atoms with Crippen molar-refractivity contribution in [2.75, 3.05) is 0 Å². The highest BCUT2D eigenvalue weighted by atomic mass is 32.1. The number of rotatable bonds is 0. The van der Waals surface area contributed by atoms with Gasteiger partial charge in [-0.1, -0.05) is 0 Å². The lowest BCUT2D eigenvalue weighted by Gasteiger charge is -1.73. The van der Waals surface area contributed by atoms with Gasteiger partial charge in [-0.05, 0) is 6.92 Å². The van der Waals surface area contributed by atoms with E-state index >= 15 is 0 Å². The standard InChI is InChI=1S/C5H4OS/c1-3-2-7-5-4(3)6-5/h2H,1H3. The number of hydrogen-bond donors (Lipinski definition) is 0. The van der Waals surface area contributed by atoms with Crippen molar-refractivity contribution in [2.45, 2.75) is 6.92 Å². The summed E-state index contributed by atoms with van der Waals surface area (Å²) in [5.41, 5.74) is 1.28. The minimum atomic E-state index is 1.11. The molecule has 1 nitrogen and oxygen atoms in total. The molecule has 1 aromatic rings. The van der Waals surface area contributed by atoms with Crippen molar-refractivity contribution >= 4 is 11.3 Å². The third kappa shape index (κ3) is 0.320. The molecule has 0 amide bonds. The second-order valence-electron chi connectivity index (χ2n) is 1.64. The predicted molar refractivity (Wildman–Crippen MR) is 29.1 cm³/mol. The summed E-state index contributed by atoms with van der Waals surface area (Å²) in [5, 5.41) is 3.21. The number of aryl methyl sites for hydroxylation is 1. The maximum absolute atomic E-state index is 4.99. The molecule has 0 spiro atoms. The second kappa shape index (κ2) is 0.842. The van der Waals surface area contributed by atoms with Crippen LogP contribution in [-0.4, -0.2) is 0 Å².